The summed E-state index contributed by atoms with van der Waals surface area (Å²) in [6, 6.07) is 9.54. The lowest BCUT2D eigenvalue weighted by molar-refractivity contribution is -0.605. The van der Waals surface area contributed by atoms with E-state index in [1.165, 1.54) is 38.6 Å². The van der Waals surface area contributed by atoms with Crippen LogP contribution >= 0.6 is 0 Å². The summed E-state index contributed by atoms with van der Waals surface area (Å²) in [6.45, 7) is 1.46. The summed E-state index contributed by atoms with van der Waals surface area (Å²) in [7, 11) is 1.49. The number of hydrogen-bond acceptors (Lipinski definition) is 5. The predicted octanol–water partition coefficient (Wildman–Crippen LogP) is 1.51. The number of benzene rings is 1. The number of aromatic nitrogens is 1. The molecule has 2 aromatic rings. The van der Waals surface area contributed by atoms with Crippen LogP contribution in [0.4, 0.5) is 5.69 Å². The van der Waals surface area contributed by atoms with Crippen LogP contribution in [0.25, 0.3) is 0 Å². The standard InChI is InChI=1S/C16H16N2O5/c1-11(23-16(20)12-7-9-18(21)10-8-12)15(19)17-13-5-3-4-6-14(13)22-2/h3-11H,1-2H3,(H,17,19)/t11-/m0/s1. The van der Waals surface area contributed by atoms with Gasteiger partial charge in [-0.05, 0) is 19.1 Å². The van der Waals surface area contributed by atoms with Gasteiger partial charge in [0.25, 0.3) is 5.91 Å². The van der Waals surface area contributed by atoms with Crippen LogP contribution < -0.4 is 14.8 Å². The van der Waals surface area contributed by atoms with E-state index in [2.05, 4.69) is 5.32 Å². The topological polar surface area (TPSA) is 91.6 Å². The largest absolute Gasteiger partial charge is 0.619 e. The quantitative estimate of drug-likeness (QED) is 0.513. The average Bonchev–Trinajstić information content (AvgIpc) is 2.55. The van der Waals surface area contributed by atoms with E-state index in [0.717, 1.165) is 0 Å². The van der Waals surface area contributed by atoms with Gasteiger partial charge in [0.15, 0.2) is 18.5 Å². The van der Waals surface area contributed by atoms with Crippen LogP contribution in [0, 0.1) is 5.21 Å². The molecule has 7 nitrogen and oxygen atoms in total. The van der Waals surface area contributed by atoms with Crippen LogP contribution in [0.5, 0.6) is 5.75 Å². The summed E-state index contributed by atoms with van der Waals surface area (Å²) in [6.07, 6.45) is 1.35. The van der Waals surface area contributed by atoms with Gasteiger partial charge in [0.1, 0.15) is 5.75 Å². The maximum Gasteiger partial charge on any atom is 0.339 e. The third kappa shape index (κ3) is 4.19. The van der Waals surface area contributed by atoms with E-state index >= 15 is 0 Å². The molecule has 7 heteroatoms. The molecule has 0 radical (unpaired) electrons. The van der Waals surface area contributed by atoms with Gasteiger partial charge in [-0.3, -0.25) is 4.79 Å². The predicted molar refractivity (Wildman–Crippen MR) is 81.9 cm³/mol. The van der Waals surface area contributed by atoms with Crippen LogP contribution in [0.15, 0.2) is 48.8 Å². The van der Waals surface area contributed by atoms with Crippen LogP contribution in [0.2, 0.25) is 0 Å². The molecule has 1 amide bonds. The molecule has 1 aromatic heterocycles. The fraction of sp³-hybridized carbons (Fsp3) is 0.188. The second-order valence-electron chi connectivity index (χ2n) is 4.68. The molecule has 2 rings (SSSR count). The highest BCUT2D eigenvalue weighted by Gasteiger charge is 2.20. The number of methoxy groups -OCH3 is 1. The van der Waals surface area contributed by atoms with Crippen molar-refractivity contribution in [3.05, 3.63) is 59.6 Å². The Kier molecular flexibility index (Phi) is 5.14. The van der Waals surface area contributed by atoms with Crippen molar-refractivity contribution in [3.63, 3.8) is 0 Å². The van der Waals surface area contributed by atoms with Crippen molar-refractivity contribution in [1.29, 1.82) is 0 Å². The normalized spacial score (nSPS) is 11.4. The van der Waals surface area contributed by atoms with Gasteiger partial charge in [-0.15, -0.1) is 0 Å². The molecule has 23 heavy (non-hydrogen) atoms. The second kappa shape index (κ2) is 7.26. The fourth-order valence-corrected chi connectivity index (χ4v) is 1.81. The number of ether oxygens (including phenoxy) is 2. The Bertz CT molecular complexity index is 700. The summed E-state index contributed by atoms with van der Waals surface area (Å²) < 4.78 is 10.8. The summed E-state index contributed by atoms with van der Waals surface area (Å²) in [5, 5.41) is 13.6. The van der Waals surface area contributed by atoms with Crippen LogP contribution in [0.3, 0.4) is 0 Å². The summed E-state index contributed by atoms with van der Waals surface area (Å²) in [5.74, 6) is -0.673. The average molecular weight is 316 g/mol. The monoisotopic (exact) mass is 316 g/mol. The molecular weight excluding hydrogens is 300 g/mol. The first kappa shape index (κ1) is 16.3. The van der Waals surface area contributed by atoms with Crippen LogP contribution in [-0.4, -0.2) is 25.1 Å². The summed E-state index contributed by atoms with van der Waals surface area (Å²) in [5.41, 5.74) is 0.670. The molecule has 0 bridgehead atoms. The molecule has 0 spiro atoms. The number of nitrogens with zero attached hydrogens (tertiary/aromatic N) is 1. The minimum atomic E-state index is -1.01. The van der Waals surface area contributed by atoms with Crippen molar-refractivity contribution in [2.24, 2.45) is 0 Å². The van der Waals surface area contributed by atoms with E-state index in [-0.39, 0.29) is 5.56 Å². The Morgan fingerprint density at radius 3 is 2.48 bits per heavy atom. The Hall–Kier alpha value is -3.09. The van der Waals surface area contributed by atoms with E-state index in [4.69, 9.17) is 9.47 Å². The van der Waals surface area contributed by atoms with Gasteiger partial charge in [-0.1, -0.05) is 12.1 Å². The SMILES string of the molecule is COc1ccccc1NC(=O)[C@H](C)OC(=O)c1cc[n+]([O-])cc1. The maximum absolute atomic E-state index is 12.1. The summed E-state index contributed by atoms with van der Waals surface area (Å²) >= 11 is 0. The van der Waals surface area contributed by atoms with Gasteiger partial charge in [-0.2, -0.15) is 4.73 Å². The molecule has 0 fully saturated rings. The lowest BCUT2D eigenvalue weighted by Crippen LogP contribution is -2.30. The summed E-state index contributed by atoms with van der Waals surface area (Å²) in [4.78, 5) is 24.0. The lowest BCUT2D eigenvalue weighted by Gasteiger charge is -2.15. The van der Waals surface area contributed by atoms with Crippen molar-refractivity contribution >= 4 is 17.6 Å². The Morgan fingerprint density at radius 1 is 1.17 bits per heavy atom. The maximum atomic E-state index is 12.1. The number of nitrogens with one attached hydrogen (secondary N) is 1. The molecule has 1 N–H and O–H groups in total. The third-order valence-electron chi connectivity index (χ3n) is 3.06. The number of anilines is 1. The molecule has 0 aliphatic heterocycles. The molecule has 1 heterocycles. The number of carbonyl (C=O) groups is 2. The fourth-order valence-electron chi connectivity index (χ4n) is 1.81. The molecule has 0 saturated heterocycles. The van der Waals surface area contributed by atoms with Crippen LogP contribution in [0.1, 0.15) is 17.3 Å². The smallest absolute Gasteiger partial charge is 0.339 e. The zero-order valence-corrected chi connectivity index (χ0v) is 12.7. The van der Waals surface area contributed by atoms with Crippen molar-refractivity contribution in [1.82, 2.24) is 0 Å². The van der Waals surface area contributed by atoms with Crippen LogP contribution in [-0.2, 0) is 9.53 Å². The number of pyridine rings is 1. The number of carbonyl (C=O) groups excluding carboxylic acids is 2. The van der Waals surface area contributed by atoms with E-state index in [0.29, 0.717) is 16.2 Å². The van der Waals surface area contributed by atoms with E-state index in [9.17, 15) is 14.8 Å². The van der Waals surface area contributed by atoms with Gasteiger partial charge >= 0.3 is 5.97 Å². The highest BCUT2D eigenvalue weighted by Crippen LogP contribution is 2.23. The second-order valence-corrected chi connectivity index (χ2v) is 4.68. The lowest BCUT2D eigenvalue weighted by atomic mass is 10.2. The van der Waals surface area contributed by atoms with E-state index in [1.807, 2.05) is 0 Å². The van der Waals surface area contributed by atoms with Gasteiger partial charge < -0.3 is 20.0 Å². The van der Waals surface area contributed by atoms with Gasteiger partial charge in [0.05, 0.1) is 18.4 Å². The van der Waals surface area contributed by atoms with E-state index in [1.54, 1.807) is 24.3 Å². The first-order chi connectivity index (χ1) is 11.0. The Labute approximate surface area is 133 Å². The molecular formula is C16H16N2O5. The zero-order chi connectivity index (χ0) is 16.8. The molecule has 0 aliphatic carbocycles. The minimum Gasteiger partial charge on any atom is -0.619 e. The first-order valence-electron chi connectivity index (χ1n) is 6.85. The number of para-hydroxylation sites is 2. The number of amides is 1. The van der Waals surface area contributed by atoms with Gasteiger partial charge in [0, 0.05) is 12.1 Å². The van der Waals surface area contributed by atoms with Gasteiger partial charge in [-0.25, -0.2) is 4.79 Å². The molecule has 1 atom stereocenters. The number of rotatable bonds is 5. The number of hydrogen-bond donors (Lipinski definition) is 1. The van der Waals surface area contributed by atoms with Crippen molar-refractivity contribution in [2.45, 2.75) is 13.0 Å². The van der Waals surface area contributed by atoms with Crippen molar-refractivity contribution in [3.8, 4) is 5.75 Å². The minimum absolute atomic E-state index is 0.189. The molecule has 0 unspecified atom stereocenters. The molecule has 120 valence electrons. The number of esters is 1. The molecule has 0 aliphatic rings. The first-order valence-corrected chi connectivity index (χ1v) is 6.85. The highest BCUT2D eigenvalue weighted by atomic mass is 16.5. The zero-order valence-electron chi connectivity index (χ0n) is 12.7. The van der Waals surface area contributed by atoms with E-state index < -0.39 is 18.0 Å². The third-order valence-corrected chi connectivity index (χ3v) is 3.06. The van der Waals surface area contributed by atoms with Gasteiger partial charge in [0.2, 0.25) is 0 Å². The van der Waals surface area contributed by atoms with Crippen molar-refractivity contribution in [2.75, 3.05) is 12.4 Å². The Morgan fingerprint density at radius 2 is 1.83 bits per heavy atom. The highest BCUT2D eigenvalue weighted by molar-refractivity contribution is 5.98. The molecule has 0 saturated carbocycles. The Balaban J connectivity index is 1.99. The van der Waals surface area contributed by atoms with Crippen molar-refractivity contribution < 1.29 is 23.8 Å². The molecule has 1 aromatic carbocycles.